The van der Waals surface area contributed by atoms with Crippen molar-refractivity contribution in [2.45, 2.75) is 148 Å². The van der Waals surface area contributed by atoms with Gasteiger partial charge in [-0.1, -0.05) is 117 Å². The van der Waals surface area contributed by atoms with Crippen LogP contribution in [-0.4, -0.2) is 36.3 Å². The molecule has 2 atom stereocenters. The summed E-state index contributed by atoms with van der Waals surface area (Å²) in [4.78, 5) is 10.4. The Morgan fingerprint density at radius 3 is 1.45 bits per heavy atom. The van der Waals surface area contributed by atoms with Crippen molar-refractivity contribution in [3.05, 3.63) is 12.3 Å². The number of hydrogen-bond acceptors (Lipinski definition) is 2. The summed E-state index contributed by atoms with van der Waals surface area (Å²) in [6, 6.07) is 0. The first-order valence-corrected chi connectivity index (χ1v) is 15.9. The van der Waals surface area contributed by atoms with E-state index in [0.717, 1.165) is 19.3 Å². The molecule has 0 aromatic rings. The molecule has 0 fully saturated rings. The van der Waals surface area contributed by atoms with Gasteiger partial charge in [0.25, 0.3) is 0 Å². The zero-order valence-corrected chi connectivity index (χ0v) is 23.9. The molecule has 5 heteroatoms. The average molecular weight is 489 g/mol. The summed E-state index contributed by atoms with van der Waals surface area (Å²) in [5.74, 6) is -0.382. The molecule has 0 aliphatic rings. The van der Waals surface area contributed by atoms with E-state index < -0.39 is 7.60 Å². The van der Waals surface area contributed by atoms with Crippen molar-refractivity contribution in [3.63, 3.8) is 0 Å². The maximum Gasteiger partial charge on any atom is 0.433 e. The highest BCUT2D eigenvalue weighted by Gasteiger charge is 2.42. The lowest BCUT2D eigenvalue weighted by Gasteiger charge is -2.35. The number of unbranched alkanes of at least 4 members (excludes halogenated alkanes) is 17. The summed E-state index contributed by atoms with van der Waals surface area (Å²) in [7, 11) is 2.21. The molecule has 0 aliphatic carbocycles. The largest absolute Gasteiger partial charge is 0.433 e. The first kappa shape index (κ1) is 32.7. The molecule has 0 saturated heterocycles. The number of allylic oxidation sites excluding steroid dienone is 1. The Morgan fingerprint density at radius 1 is 0.697 bits per heavy atom. The lowest BCUT2D eigenvalue weighted by atomic mass is 10.0. The Bertz CT molecular complexity index is 502. The summed E-state index contributed by atoms with van der Waals surface area (Å²) >= 11 is 0. The van der Waals surface area contributed by atoms with E-state index in [1.54, 1.807) is 0 Å². The molecule has 198 valence electrons. The predicted molar refractivity (Wildman–Crippen MR) is 146 cm³/mol. The quantitative estimate of drug-likeness (QED) is 0.0636. The van der Waals surface area contributed by atoms with Gasteiger partial charge < -0.3 is 13.9 Å². The van der Waals surface area contributed by atoms with Gasteiger partial charge in [0.15, 0.2) is 0 Å². The molecule has 4 nitrogen and oxygen atoms in total. The molecule has 0 bridgehead atoms. The summed E-state index contributed by atoms with van der Waals surface area (Å²) in [6.45, 7) is 4.32. The van der Waals surface area contributed by atoms with Gasteiger partial charge in [-0.2, -0.15) is 0 Å². The lowest BCUT2D eigenvalue weighted by molar-refractivity contribution is -0.883. The molecule has 0 radical (unpaired) electrons. The van der Waals surface area contributed by atoms with Gasteiger partial charge in [0.2, 0.25) is 5.78 Å². The van der Waals surface area contributed by atoms with E-state index in [0.29, 0.717) is 10.9 Å². The van der Waals surface area contributed by atoms with Crippen molar-refractivity contribution < 1.29 is 18.5 Å². The Balaban J connectivity index is 3.54. The Kier molecular flexibility index (Phi) is 20.8. The minimum Gasteiger partial charge on any atom is -0.429 e. The molecule has 0 rings (SSSR count). The van der Waals surface area contributed by atoms with Gasteiger partial charge in [0.05, 0.1) is 27.4 Å². The molecule has 0 spiro atoms. The maximum atomic E-state index is 12.6. The van der Waals surface area contributed by atoms with Crippen LogP contribution in [-0.2, 0) is 9.09 Å². The van der Waals surface area contributed by atoms with Crippen molar-refractivity contribution in [2.75, 3.05) is 21.1 Å². The van der Waals surface area contributed by atoms with Gasteiger partial charge in [0, 0.05) is 6.42 Å². The highest BCUT2D eigenvalue weighted by atomic mass is 31.2. The third-order valence-corrected chi connectivity index (χ3v) is 8.73. The van der Waals surface area contributed by atoms with E-state index in [9.17, 15) is 9.46 Å². The fourth-order valence-electron chi connectivity index (χ4n) is 4.50. The van der Waals surface area contributed by atoms with E-state index in [2.05, 4.69) is 6.92 Å². The molecule has 0 aliphatic heterocycles. The lowest BCUT2D eigenvalue weighted by Crippen LogP contribution is -2.44. The Labute approximate surface area is 207 Å². The highest BCUT2D eigenvalue weighted by molar-refractivity contribution is 7.53. The monoisotopic (exact) mass is 488 g/mol. The SMILES string of the molecule is CCCCCCCCCCCCCCCCCCCC=COP(=O)(O)C(CCC)[N+](C)(C)C. The van der Waals surface area contributed by atoms with Gasteiger partial charge in [-0.05, 0) is 25.3 Å². The van der Waals surface area contributed by atoms with E-state index in [1.165, 1.54) is 109 Å². The van der Waals surface area contributed by atoms with Gasteiger partial charge in [0.1, 0.15) is 0 Å². The number of rotatable bonds is 24. The second kappa shape index (κ2) is 21.0. The normalized spacial score (nSPS) is 15.1. The summed E-state index contributed by atoms with van der Waals surface area (Å²) in [6.07, 6.45) is 29.3. The summed E-state index contributed by atoms with van der Waals surface area (Å²) < 4.78 is 18.4. The van der Waals surface area contributed by atoms with Gasteiger partial charge in [-0.3, -0.25) is 0 Å². The molecule has 0 aromatic carbocycles. The van der Waals surface area contributed by atoms with Crippen molar-refractivity contribution in [1.82, 2.24) is 0 Å². The van der Waals surface area contributed by atoms with Crippen LogP contribution in [0.5, 0.6) is 0 Å². The van der Waals surface area contributed by atoms with Crippen LogP contribution in [0, 0.1) is 0 Å². The standard InChI is InChI=1S/C28H58NO3P/c1-6-8-9-10-11-12-13-14-15-16-17-18-19-20-21-22-23-24-25-27-32-33(30,31)28(26-7-2)29(3,4)5/h25,27-28H,6-24,26H2,1-5H3/p+1. The molecule has 33 heavy (non-hydrogen) atoms. The fraction of sp³-hybridized carbons (Fsp3) is 0.929. The van der Waals surface area contributed by atoms with E-state index in [-0.39, 0.29) is 5.78 Å². The van der Waals surface area contributed by atoms with Crippen LogP contribution in [0.3, 0.4) is 0 Å². The van der Waals surface area contributed by atoms with Gasteiger partial charge in [-0.25, -0.2) is 4.57 Å². The van der Waals surface area contributed by atoms with E-state index >= 15 is 0 Å². The molecular formula is C28H59NO3P+. The first-order valence-electron chi connectivity index (χ1n) is 14.2. The molecular weight excluding hydrogens is 429 g/mol. The van der Waals surface area contributed by atoms with Crippen LogP contribution < -0.4 is 0 Å². The summed E-state index contributed by atoms with van der Waals surface area (Å²) in [5.41, 5.74) is 0. The second-order valence-electron chi connectivity index (χ2n) is 10.9. The van der Waals surface area contributed by atoms with E-state index in [1.807, 2.05) is 34.1 Å². The smallest absolute Gasteiger partial charge is 0.429 e. The average Bonchev–Trinajstić information content (AvgIpc) is 2.75. The number of hydrogen-bond donors (Lipinski definition) is 1. The zero-order valence-electron chi connectivity index (χ0n) is 23.0. The number of nitrogens with zero attached hydrogens (tertiary/aromatic N) is 1. The first-order chi connectivity index (χ1) is 15.8. The predicted octanol–water partition coefficient (Wildman–Crippen LogP) is 9.58. The third kappa shape index (κ3) is 19.7. The maximum absolute atomic E-state index is 12.6. The Hall–Kier alpha value is -0.310. The van der Waals surface area contributed by atoms with Crippen LogP contribution in [0.2, 0.25) is 0 Å². The van der Waals surface area contributed by atoms with Crippen LogP contribution in [0.15, 0.2) is 12.3 Å². The van der Waals surface area contributed by atoms with Gasteiger partial charge in [-0.15, -0.1) is 0 Å². The Morgan fingerprint density at radius 2 is 1.09 bits per heavy atom. The van der Waals surface area contributed by atoms with Crippen molar-refractivity contribution in [3.8, 4) is 0 Å². The molecule has 0 aromatic heterocycles. The van der Waals surface area contributed by atoms with Crippen molar-refractivity contribution in [2.24, 2.45) is 0 Å². The molecule has 2 unspecified atom stereocenters. The fourth-order valence-corrected chi connectivity index (χ4v) is 6.36. The zero-order chi connectivity index (χ0) is 24.8. The number of quaternary nitrogens is 1. The second-order valence-corrected chi connectivity index (χ2v) is 12.8. The minimum absolute atomic E-state index is 0.382. The third-order valence-electron chi connectivity index (χ3n) is 6.60. The molecule has 1 N–H and O–H groups in total. The van der Waals surface area contributed by atoms with Crippen molar-refractivity contribution in [1.29, 1.82) is 0 Å². The van der Waals surface area contributed by atoms with Crippen LogP contribution in [0.4, 0.5) is 0 Å². The van der Waals surface area contributed by atoms with Crippen LogP contribution >= 0.6 is 7.60 Å². The summed E-state index contributed by atoms with van der Waals surface area (Å²) in [5, 5.41) is 0. The van der Waals surface area contributed by atoms with Crippen LogP contribution in [0.1, 0.15) is 142 Å². The highest BCUT2D eigenvalue weighted by Crippen LogP contribution is 2.52. The topological polar surface area (TPSA) is 46.5 Å². The molecule has 0 saturated carbocycles. The van der Waals surface area contributed by atoms with Crippen LogP contribution in [0.25, 0.3) is 0 Å². The van der Waals surface area contributed by atoms with Crippen molar-refractivity contribution >= 4 is 7.60 Å². The molecule has 0 heterocycles. The molecule has 0 amide bonds. The van der Waals surface area contributed by atoms with Gasteiger partial charge >= 0.3 is 7.60 Å². The van der Waals surface area contributed by atoms with E-state index in [4.69, 9.17) is 4.52 Å². The minimum atomic E-state index is -3.65.